The molecule has 0 saturated carbocycles. The molecule has 1 heterocycles. The second-order valence-electron chi connectivity index (χ2n) is 3.46. The van der Waals surface area contributed by atoms with Crippen molar-refractivity contribution < 1.29 is 19.1 Å². The molecule has 4 heteroatoms. The van der Waals surface area contributed by atoms with Gasteiger partial charge in [0.25, 0.3) is 0 Å². The molecule has 0 N–H and O–H groups in total. The van der Waals surface area contributed by atoms with Gasteiger partial charge in [-0.05, 0) is 6.92 Å². The zero-order valence-corrected chi connectivity index (χ0v) is 8.88. The summed E-state index contributed by atoms with van der Waals surface area (Å²) in [5.74, 6) is -0.629. The predicted molar refractivity (Wildman–Crippen MR) is 56.1 cm³/mol. The van der Waals surface area contributed by atoms with Crippen molar-refractivity contribution in [3.05, 3.63) is 35.9 Å². The Kier molecular flexibility index (Phi) is 3.01. The highest BCUT2D eigenvalue weighted by Crippen LogP contribution is 2.27. The summed E-state index contributed by atoms with van der Waals surface area (Å²) in [5.41, 5.74) is 0.555. The van der Waals surface area contributed by atoms with Gasteiger partial charge in [0, 0.05) is 5.56 Å². The number of Topliss-reactive ketones (excluding diaryl/α,β-unsaturated/α-hetero) is 1. The van der Waals surface area contributed by atoms with Crippen LogP contribution in [0.4, 0.5) is 0 Å². The van der Waals surface area contributed by atoms with Crippen molar-refractivity contribution in [2.75, 3.05) is 6.61 Å². The number of esters is 1. The summed E-state index contributed by atoms with van der Waals surface area (Å²) in [7, 11) is 0. The molecule has 1 aliphatic heterocycles. The zero-order valence-electron chi connectivity index (χ0n) is 8.88. The minimum absolute atomic E-state index is 0.168. The Balaban J connectivity index is 1.97. The van der Waals surface area contributed by atoms with E-state index < -0.39 is 18.2 Å². The van der Waals surface area contributed by atoms with Crippen LogP contribution in [0.5, 0.6) is 0 Å². The van der Waals surface area contributed by atoms with Gasteiger partial charge in [0.15, 0.2) is 18.0 Å². The van der Waals surface area contributed by atoms with Crippen LogP contribution in [0.2, 0.25) is 0 Å². The highest BCUT2D eigenvalue weighted by Gasteiger charge is 2.51. The van der Waals surface area contributed by atoms with Gasteiger partial charge in [-0.2, -0.15) is 0 Å². The Bertz CT molecular complexity index is 399. The van der Waals surface area contributed by atoms with Crippen LogP contribution in [0.15, 0.2) is 30.3 Å². The molecule has 84 valence electrons. The molecule has 0 radical (unpaired) electrons. The van der Waals surface area contributed by atoms with E-state index in [-0.39, 0.29) is 5.78 Å². The third kappa shape index (κ3) is 2.12. The van der Waals surface area contributed by atoms with E-state index in [2.05, 4.69) is 0 Å². The smallest absolute Gasteiger partial charge is 0.338 e. The molecule has 1 aromatic rings. The van der Waals surface area contributed by atoms with E-state index >= 15 is 0 Å². The SMILES string of the molecule is CCOC(=O)[C@@H]1O[C@@H]1C(=O)c1ccccc1. The van der Waals surface area contributed by atoms with Crippen molar-refractivity contribution >= 4 is 11.8 Å². The van der Waals surface area contributed by atoms with E-state index in [9.17, 15) is 9.59 Å². The van der Waals surface area contributed by atoms with Crippen LogP contribution in [-0.4, -0.2) is 30.6 Å². The second kappa shape index (κ2) is 4.45. The fourth-order valence-corrected chi connectivity index (χ4v) is 1.48. The van der Waals surface area contributed by atoms with Crippen LogP contribution in [0.25, 0.3) is 0 Å². The maximum atomic E-state index is 11.8. The first-order valence-corrected chi connectivity index (χ1v) is 5.15. The van der Waals surface area contributed by atoms with E-state index in [1.165, 1.54) is 0 Å². The summed E-state index contributed by atoms with van der Waals surface area (Å²) in [6, 6.07) is 8.77. The van der Waals surface area contributed by atoms with Crippen LogP contribution >= 0.6 is 0 Å². The van der Waals surface area contributed by atoms with Crippen LogP contribution in [0.3, 0.4) is 0 Å². The van der Waals surface area contributed by atoms with Crippen molar-refractivity contribution in [3.8, 4) is 0 Å². The average Bonchev–Trinajstić information content (AvgIpc) is 3.09. The molecule has 0 aromatic heterocycles. The highest BCUT2D eigenvalue weighted by atomic mass is 16.6. The van der Waals surface area contributed by atoms with Crippen molar-refractivity contribution in [3.63, 3.8) is 0 Å². The minimum atomic E-state index is -0.715. The number of carbonyl (C=O) groups excluding carboxylic acids is 2. The summed E-state index contributed by atoms with van der Waals surface area (Å²) in [4.78, 5) is 23.0. The minimum Gasteiger partial charge on any atom is -0.464 e. The molecule has 0 amide bonds. The van der Waals surface area contributed by atoms with E-state index in [1.54, 1.807) is 31.2 Å². The maximum absolute atomic E-state index is 11.8. The van der Waals surface area contributed by atoms with Gasteiger partial charge >= 0.3 is 5.97 Å². The van der Waals surface area contributed by atoms with E-state index in [0.29, 0.717) is 12.2 Å². The quantitative estimate of drug-likeness (QED) is 0.434. The Hall–Kier alpha value is -1.68. The van der Waals surface area contributed by atoms with Crippen LogP contribution in [-0.2, 0) is 14.3 Å². The average molecular weight is 220 g/mol. The monoisotopic (exact) mass is 220 g/mol. The lowest BCUT2D eigenvalue weighted by Crippen LogP contribution is -2.18. The normalized spacial score (nSPS) is 22.6. The first-order chi connectivity index (χ1) is 7.74. The summed E-state index contributed by atoms with van der Waals surface area (Å²) >= 11 is 0. The number of ketones is 1. The third-order valence-electron chi connectivity index (χ3n) is 2.33. The van der Waals surface area contributed by atoms with Gasteiger partial charge in [-0.15, -0.1) is 0 Å². The first kappa shape index (κ1) is 10.8. The van der Waals surface area contributed by atoms with Crippen LogP contribution in [0.1, 0.15) is 17.3 Å². The molecule has 4 nitrogen and oxygen atoms in total. The second-order valence-corrected chi connectivity index (χ2v) is 3.46. The lowest BCUT2D eigenvalue weighted by atomic mass is 10.1. The molecule has 1 fully saturated rings. The molecule has 1 saturated heterocycles. The topological polar surface area (TPSA) is 55.9 Å². The molecule has 0 aliphatic carbocycles. The Labute approximate surface area is 93.2 Å². The lowest BCUT2D eigenvalue weighted by Gasteiger charge is -1.97. The van der Waals surface area contributed by atoms with Crippen molar-refractivity contribution in [1.82, 2.24) is 0 Å². The van der Waals surface area contributed by atoms with Crippen LogP contribution < -0.4 is 0 Å². The molecule has 0 bridgehead atoms. The fraction of sp³-hybridized carbons (Fsp3) is 0.333. The van der Waals surface area contributed by atoms with Gasteiger partial charge in [-0.1, -0.05) is 30.3 Å². The molecule has 16 heavy (non-hydrogen) atoms. The van der Waals surface area contributed by atoms with Crippen molar-refractivity contribution in [2.45, 2.75) is 19.1 Å². The molecule has 0 unspecified atom stereocenters. The van der Waals surface area contributed by atoms with Crippen molar-refractivity contribution in [2.24, 2.45) is 0 Å². The molecular formula is C12H12O4. The number of carbonyl (C=O) groups is 2. The van der Waals surface area contributed by atoms with E-state index in [4.69, 9.17) is 9.47 Å². The summed E-state index contributed by atoms with van der Waals surface area (Å²) in [6.45, 7) is 2.01. The summed E-state index contributed by atoms with van der Waals surface area (Å²) in [6.07, 6.45) is -1.38. The lowest BCUT2D eigenvalue weighted by molar-refractivity contribution is -0.144. The molecule has 1 aromatic carbocycles. The maximum Gasteiger partial charge on any atom is 0.338 e. The number of ether oxygens (including phenoxy) is 2. The Morgan fingerprint density at radius 3 is 2.56 bits per heavy atom. The fourth-order valence-electron chi connectivity index (χ4n) is 1.48. The van der Waals surface area contributed by atoms with Gasteiger partial charge in [0.2, 0.25) is 0 Å². The van der Waals surface area contributed by atoms with Gasteiger partial charge in [-0.25, -0.2) is 4.79 Å². The first-order valence-electron chi connectivity index (χ1n) is 5.15. The standard InChI is InChI=1S/C12H12O4/c1-2-15-12(14)11-10(16-11)9(13)8-6-4-3-5-7-8/h3-7,10-11H,2H2,1H3/t10-,11-/m1/s1. The Morgan fingerprint density at radius 1 is 1.25 bits per heavy atom. The Morgan fingerprint density at radius 2 is 1.94 bits per heavy atom. The third-order valence-corrected chi connectivity index (χ3v) is 2.33. The number of hydrogen-bond acceptors (Lipinski definition) is 4. The van der Waals surface area contributed by atoms with Gasteiger partial charge in [0.05, 0.1) is 6.61 Å². The van der Waals surface area contributed by atoms with E-state index in [0.717, 1.165) is 0 Å². The highest BCUT2D eigenvalue weighted by molar-refractivity contribution is 6.04. The largest absolute Gasteiger partial charge is 0.464 e. The number of epoxide rings is 1. The van der Waals surface area contributed by atoms with Crippen molar-refractivity contribution in [1.29, 1.82) is 0 Å². The zero-order chi connectivity index (χ0) is 11.5. The van der Waals surface area contributed by atoms with E-state index in [1.807, 2.05) is 6.07 Å². The van der Waals surface area contributed by atoms with Gasteiger partial charge in [-0.3, -0.25) is 4.79 Å². The number of benzene rings is 1. The number of rotatable bonds is 4. The summed E-state index contributed by atoms with van der Waals surface area (Å²) in [5, 5.41) is 0. The number of hydrogen-bond donors (Lipinski definition) is 0. The van der Waals surface area contributed by atoms with Gasteiger partial charge in [0.1, 0.15) is 0 Å². The molecule has 0 spiro atoms. The molecule has 2 rings (SSSR count). The molecule has 2 atom stereocenters. The molecule has 1 aliphatic rings. The van der Waals surface area contributed by atoms with Gasteiger partial charge < -0.3 is 9.47 Å². The van der Waals surface area contributed by atoms with Crippen LogP contribution in [0, 0.1) is 0 Å². The predicted octanol–water partition coefficient (Wildman–Crippen LogP) is 1.20. The summed E-state index contributed by atoms with van der Waals surface area (Å²) < 4.78 is 9.79. The molecular weight excluding hydrogens is 208 g/mol.